The average Bonchev–Trinajstić information content (AvgIpc) is 3.12. The number of nitrogens with zero attached hydrogens (tertiary/aromatic N) is 2. The van der Waals surface area contributed by atoms with E-state index in [1.807, 2.05) is 42.5 Å². The van der Waals surface area contributed by atoms with Crippen molar-refractivity contribution in [2.75, 3.05) is 12.4 Å². The minimum atomic E-state index is -0.236. The molecule has 0 saturated heterocycles. The van der Waals surface area contributed by atoms with Crippen LogP contribution in [-0.4, -0.2) is 23.0 Å². The van der Waals surface area contributed by atoms with Gasteiger partial charge in [0.25, 0.3) is 5.91 Å². The number of rotatable bonds is 4. The molecular weight excluding hydrogens is 346 g/mol. The number of carbonyl (C=O) groups excluding carboxylic acids is 1. The standard InChI is InChI=1S/C20H15N3O2S/c1-25-14-7-4-6-13(12-14)22-19(24)15-8-5-11-21-18(15)20-23-16-9-2-3-10-17(16)26-20/h2-12H,1H3,(H,22,24). The van der Waals surface area contributed by atoms with E-state index in [0.29, 0.717) is 22.7 Å². The number of carbonyl (C=O) groups is 1. The van der Waals surface area contributed by atoms with Crippen molar-refractivity contribution in [3.63, 3.8) is 0 Å². The highest BCUT2D eigenvalue weighted by molar-refractivity contribution is 7.21. The molecule has 26 heavy (non-hydrogen) atoms. The van der Waals surface area contributed by atoms with Crippen LogP contribution in [-0.2, 0) is 0 Å². The zero-order valence-electron chi connectivity index (χ0n) is 14.0. The van der Waals surface area contributed by atoms with E-state index in [-0.39, 0.29) is 5.91 Å². The van der Waals surface area contributed by atoms with E-state index in [1.54, 1.807) is 31.5 Å². The van der Waals surface area contributed by atoms with Gasteiger partial charge in [0.15, 0.2) is 0 Å². The lowest BCUT2D eigenvalue weighted by atomic mass is 10.1. The molecule has 0 atom stereocenters. The van der Waals surface area contributed by atoms with Gasteiger partial charge in [0, 0.05) is 18.0 Å². The second-order valence-electron chi connectivity index (χ2n) is 5.57. The second kappa shape index (κ2) is 6.93. The summed E-state index contributed by atoms with van der Waals surface area (Å²) < 4.78 is 6.26. The molecule has 0 aliphatic carbocycles. The zero-order chi connectivity index (χ0) is 17.9. The summed E-state index contributed by atoms with van der Waals surface area (Å²) >= 11 is 1.52. The Morgan fingerprint density at radius 3 is 2.81 bits per heavy atom. The first kappa shape index (κ1) is 16.2. The monoisotopic (exact) mass is 361 g/mol. The van der Waals surface area contributed by atoms with Crippen molar-refractivity contribution >= 4 is 33.1 Å². The molecule has 5 nitrogen and oxygen atoms in total. The minimum absolute atomic E-state index is 0.236. The molecule has 0 fully saturated rings. The highest BCUT2D eigenvalue weighted by Gasteiger charge is 2.17. The van der Waals surface area contributed by atoms with Gasteiger partial charge in [0.1, 0.15) is 16.5 Å². The van der Waals surface area contributed by atoms with E-state index < -0.39 is 0 Å². The Bertz CT molecular complexity index is 1060. The van der Waals surface area contributed by atoms with Crippen LogP contribution in [0.15, 0.2) is 66.9 Å². The van der Waals surface area contributed by atoms with Gasteiger partial charge >= 0.3 is 0 Å². The van der Waals surface area contributed by atoms with Crippen LogP contribution in [0.3, 0.4) is 0 Å². The van der Waals surface area contributed by atoms with Gasteiger partial charge in [-0.25, -0.2) is 4.98 Å². The first-order valence-corrected chi connectivity index (χ1v) is 8.82. The summed E-state index contributed by atoms with van der Waals surface area (Å²) in [6.07, 6.45) is 1.67. The molecule has 0 radical (unpaired) electrons. The number of benzene rings is 2. The van der Waals surface area contributed by atoms with E-state index >= 15 is 0 Å². The number of anilines is 1. The van der Waals surface area contributed by atoms with Crippen LogP contribution in [0.25, 0.3) is 20.9 Å². The highest BCUT2D eigenvalue weighted by Crippen LogP contribution is 2.31. The van der Waals surface area contributed by atoms with Crippen molar-refractivity contribution in [1.29, 1.82) is 0 Å². The van der Waals surface area contributed by atoms with Gasteiger partial charge in [0.05, 0.1) is 22.9 Å². The Morgan fingerprint density at radius 2 is 1.96 bits per heavy atom. The SMILES string of the molecule is COc1cccc(NC(=O)c2cccnc2-c2nc3ccccc3s2)c1. The molecule has 4 rings (SSSR count). The number of para-hydroxylation sites is 1. The van der Waals surface area contributed by atoms with Gasteiger partial charge < -0.3 is 10.1 Å². The van der Waals surface area contributed by atoms with Crippen molar-refractivity contribution in [2.45, 2.75) is 0 Å². The molecule has 0 bridgehead atoms. The predicted octanol–water partition coefficient (Wildman–Crippen LogP) is 4.62. The maximum absolute atomic E-state index is 12.8. The fourth-order valence-corrected chi connectivity index (χ4v) is 3.61. The first-order valence-electron chi connectivity index (χ1n) is 8.01. The second-order valence-corrected chi connectivity index (χ2v) is 6.60. The quantitative estimate of drug-likeness (QED) is 0.576. The molecule has 0 saturated carbocycles. The Hall–Kier alpha value is -3.25. The summed E-state index contributed by atoms with van der Waals surface area (Å²) in [5.74, 6) is 0.445. The molecule has 2 aromatic carbocycles. The largest absolute Gasteiger partial charge is 0.497 e. The van der Waals surface area contributed by atoms with Crippen LogP contribution in [0, 0.1) is 0 Å². The third-order valence-electron chi connectivity index (χ3n) is 3.88. The Labute approximate surface area is 154 Å². The van der Waals surface area contributed by atoms with Crippen molar-refractivity contribution in [3.8, 4) is 16.5 Å². The van der Waals surface area contributed by atoms with Gasteiger partial charge in [-0.2, -0.15) is 0 Å². The van der Waals surface area contributed by atoms with Crippen molar-refractivity contribution in [1.82, 2.24) is 9.97 Å². The molecule has 1 amide bonds. The number of amides is 1. The summed E-state index contributed by atoms with van der Waals surface area (Å²) in [6.45, 7) is 0. The van der Waals surface area contributed by atoms with Gasteiger partial charge in [-0.15, -0.1) is 11.3 Å². The Kier molecular flexibility index (Phi) is 4.33. The molecule has 2 heterocycles. The molecule has 4 aromatic rings. The van der Waals surface area contributed by atoms with E-state index in [0.717, 1.165) is 15.2 Å². The van der Waals surface area contributed by atoms with Gasteiger partial charge in [-0.1, -0.05) is 18.2 Å². The summed E-state index contributed by atoms with van der Waals surface area (Å²) in [6, 6.07) is 18.6. The Morgan fingerprint density at radius 1 is 1.08 bits per heavy atom. The van der Waals surface area contributed by atoms with E-state index in [4.69, 9.17) is 4.74 Å². The number of hydrogen-bond acceptors (Lipinski definition) is 5. The summed E-state index contributed by atoms with van der Waals surface area (Å²) in [5, 5.41) is 3.62. The average molecular weight is 361 g/mol. The molecule has 0 aliphatic rings. The molecular formula is C20H15N3O2S. The molecule has 2 aromatic heterocycles. The topological polar surface area (TPSA) is 64.1 Å². The lowest BCUT2D eigenvalue weighted by Crippen LogP contribution is -2.13. The molecule has 0 aliphatic heterocycles. The lowest BCUT2D eigenvalue weighted by molar-refractivity contribution is 0.102. The number of methoxy groups -OCH3 is 1. The Balaban J connectivity index is 1.69. The van der Waals surface area contributed by atoms with Crippen LogP contribution in [0.5, 0.6) is 5.75 Å². The summed E-state index contributed by atoms with van der Waals surface area (Å²) in [4.78, 5) is 21.8. The number of thiazole rings is 1. The van der Waals surface area contributed by atoms with Crippen LogP contribution in [0.1, 0.15) is 10.4 Å². The normalized spacial score (nSPS) is 10.7. The number of hydrogen-bond donors (Lipinski definition) is 1. The maximum atomic E-state index is 12.8. The predicted molar refractivity (Wildman–Crippen MR) is 104 cm³/mol. The van der Waals surface area contributed by atoms with Crippen LogP contribution in [0.2, 0.25) is 0 Å². The van der Waals surface area contributed by atoms with E-state index in [1.165, 1.54) is 11.3 Å². The maximum Gasteiger partial charge on any atom is 0.257 e. The number of nitrogens with one attached hydrogen (secondary N) is 1. The first-order chi connectivity index (χ1) is 12.7. The zero-order valence-corrected chi connectivity index (χ0v) is 14.8. The molecule has 128 valence electrons. The number of ether oxygens (including phenoxy) is 1. The van der Waals surface area contributed by atoms with Crippen LogP contribution < -0.4 is 10.1 Å². The third kappa shape index (κ3) is 3.14. The van der Waals surface area contributed by atoms with Gasteiger partial charge in [0.2, 0.25) is 0 Å². The fraction of sp³-hybridized carbons (Fsp3) is 0.0500. The smallest absolute Gasteiger partial charge is 0.257 e. The van der Waals surface area contributed by atoms with Crippen molar-refractivity contribution in [2.24, 2.45) is 0 Å². The van der Waals surface area contributed by atoms with E-state index in [9.17, 15) is 4.79 Å². The summed E-state index contributed by atoms with van der Waals surface area (Å²) in [5.41, 5.74) is 2.62. The van der Waals surface area contributed by atoms with Gasteiger partial charge in [-0.05, 0) is 36.4 Å². The minimum Gasteiger partial charge on any atom is -0.497 e. The third-order valence-corrected chi connectivity index (χ3v) is 4.92. The number of aromatic nitrogens is 2. The lowest BCUT2D eigenvalue weighted by Gasteiger charge is -2.09. The number of fused-ring (bicyclic) bond motifs is 1. The molecule has 0 spiro atoms. The van der Waals surface area contributed by atoms with Gasteiger partial charge in [-0.3, -0.25) is 9.78 Å². The van der Waals surface area contributed by atoms with E-state index in [2.05, 4.69) is 15.3 Å². The summed E-state index contributed by atoms with van der Waals surface area (Å²) in [7, 11) is 1.59. The van der Waals surface area contributed by atoms with Crippen molar-refractivity contribution in [3.05, 3.63) is 72.4 Å². The van der Waals surface area contributed by atoms with Crippen LogP contribution >= 0.6 is 11.3 Å². The fourth-order valence-electron chi connectivity index (χ4n) is 2.63. The highest BCUT2D eigenvalue weighted by atomic mass is 32.1. The number of pyridine rings is 1. The molecule has 0 unspecified atom stereocenters. The molecule has 6 heteroatoms. The molecule has 1 N–H and O–H groups in total. The van der Waals surface area contributed by atoms with Crippen molar-refractivity contribution < 1.29 is 9.53 Å². The van der Waals surface area contributed by atoms with Crippen LogP contribution in [0.4, 0.5) is 5.69 Å².